The SMILES string of the molecule is CC(C)c1nnc2ccc(OC3CCC(NC(=O)Nc4cc(C(C)(C)C)nn4-c4ccc(O)c(Cl)c4)c4ccccc43)cn12. The van der Waals surface area contributed by atoms with Gasteiger partial charge in [-0.3, -0.25) is 9.72 Å². The Kier molecular flexibility index (Phi) is 7.71. The number of rotatable bonds is 6. The average Bonchev–Trinajstić information content (AvgIpc) is 3.60. The van der Waals surface area contributed by atoms with E-state index in [9.17, 15) is 9.90 Å². The molecule has 0 fully saturated rings. The van der Waals surface area contributed by atoms with E-state index in [0.29, 0.717) is 17.9 Å². The molecule has 0 saturated carbocycles. The predicted molar refractivity (Wildman–Crippen MR) is 170 cm³/mol. The highest BCUT2D eigenvalue weighted by Crippen LogP contribution is 2.39. The predicted octanol–water partition coefficient (Wildman–Crippen LogP) is 7.47. The number of aromatic nitrogens is 5. The summed E-state index contributed by atoms with van der Waals surface area (Å²) < 4.78 is 10.1. The Morgan fingerprint density at radius 3 is 2.55 bits per heavy atom. The molecule has 1 aliphatic rings. The Labute approximate surface area is 261 Å². The molecule has 2 unspecified atom stereocenters. The molecule has 0 aliphatic heterocycles. The molecule has 11 heteroatoms. The Balaban J connectivity index is 1.22. The number of phenolic OH excluding ortho intramolecular Hbond substituents is 1. The third-order valence-electron chi connectivity index (χ3n) is 7.83. The van der Waals surface area contributed by atoms with Gasteiger partial charge in [-0.1, -0.05) is 70.5 Å². The molecular weight excluding hydrogens is 578 g/mol. The number of phenols is 1. The molecule has 3 N–H and O–H groups in total. The van der Waals surface area contributed by atoms with Crippen LogP contribution in [0.15, 0.2) is 66.9 Å². The molecule has 6 rings (SSSR count). The number of hydrogen-bond donors (Lipinski definition) is 3. The number of aromatic hydroxyl groups is 1. The molecule has 0 bridgehead atoms. The summed E-state index contributed by atoms with van der Waals surface area (Å²) in [6, 6.07) is 18.0. The maximum atomic E-state index is 13.4. The summed E-state index contributed by atoms with van der Waals surface area (Å²) in [6.07, 6.45) is 3.19. The number of carbonyl (C=O) groups is 1. The number of urea groups is 1. The number of ether oxygens (including phenoxy) is 1. The van der Waals surface area contributed by atoms with Gasteiger partial charge in [-0.15, -0.1) is 10.2 Å². The van der Waals surface area contributed by atoms with E-state index in [1.165, 1.54) is 6.07 Å². The molecule has 3 heterocycles. The number of amides is 2. The molecule has 10 nitrogen and oxygen atoms in total. The van der Waals surface area contributed by atoms with Gasteiger partial charge in [0.15, 0.2) is 5.65 Å². The number of anilines is 1. The standard InChI is InChI=1S/C33H36ClN7O3/c1-19(2)31-38-37-29-15-11-21(18-40(29)31)44-27-14-12-25(22-8-6-7-9-23(22)27)35-32(43)36-30-17-28(33(3,4)5)39-41(30)20-10-13-26(42)24(34)16-20/h6-11,13,15-19,25,27,42H,12,14H2,1-5H3,(H2,35,36,43). The maximum Gasteiger partial charge on any atom is 0.320 e. The lowest BCUT2D eigenvalue weighted by molar-refractivity contribution is 0.171. The van der Waals surface area contributed by atoms with Crippen molar-refractivity contribution in [3.8, 4) is 17.2 Å². The Morgan fingerprint density at radius 2 is 1.82 bits per heavy atom. The van der Waals surface area contributed by atoms with Crippen LogP contribution in [0.1, 0.15) is 88.2 Å². The number of benzene rings is 2. The zero-order valence-electron chi connectivity index (χ0n) is 25.4. The number of halogens is 1. The normalized spacial score (nSPS) is 16.6. The highest BCUT2D eigenvalue weighted by Gasteiger charge is 2.30. The highest BCUT2D eigenvalue weighted by molar-refractivity contribution is 6.32. The molecule has 44 heavy (non-hydrogen) atoms. The minimum absolute atomic E-state index is 0.0243. The molecule has 5 aromatic rings. The molecule has 2 amide bonds. The van der Waals surface area contributed by atoms with Crippen molar-refractivity contribution in [2.75, 3.05) is 5.32 Å². The van der Waals surface area contributed by atoms with E-state index >= 15 is 0 Å². The number of fused-ring (bicyclic) bond motifs is 2. The number of nitrogens with one attached hydrogen (secondary N) is 2. The van der Waals surface area contributed by atoms with Gasteiger partial charge in [-0.2, -0.15) is 5.10 Å². The topological polar surface area (TPSA) is 119 Å². The summed E-state index contributed by atoms with van der Waals surface area (Å²) in [5, 5.41) is 29.6. The van der Waals surface area contributed by atoms with E-state index in [1.54, 1.807) is 16.8 Å². The summed E-state index contributed by atoms with van der Waals surface area (Å²) >= 11 is 6.19. The lowest BCUT2D eigenvalue weighted by Crippen LogP contribution is -2.36. The second kappa shape index (κ2) is 11.5. The van der Waals surface area contributed by atoms with Gasteiger partial charge in [-0.25, -0.2) is 9.48 Å². The Morgan fingerprint density at radius 1 is 1.05 bits per heavy atom. The van der Waals surface area contributed by atoms with Crippen LogP contribution in [-0.2, 0) is 5.41 Å². The van der Waals surface area contributed by atoms with Gasteiger partial charge >= 0.3 is 6.03 Å². The number of hydrogen-bond acceptors (Lipinski definition) is 6. The minimum atomic E-state index is -0.352. The molecule has 3 aromatic heterocycles. The van der Waals surface area contributed by atoms with Crippen LogP contribution >= 0.6 is 11.6 Å². The van der Waals surface area contributed by atoms with Gasteiger partial charge in [0.2, 0.25) is 0 Å². The van der Waals surface area contributed by atoms with Crippen molar-refractivity contribution in [3.05, 3.63) is 94.5 Å². The van der Waals surface area contributed by atoms with Gasteiger partial charge in [0, 0.05) is 17.4 Å². The first-order chi connectivity index (χ1) is 21.0. The highest BCUT2D eigenvalue weighted by atomic mass is 35.5. The van der Waals surface area contributed by atoms with Gasteiger partial charge in [-0.05, 0) is 54.3 Å². The fourth-order valence-electron chi connectivity index (χ4n) is 5.51. The monoisotopic (exact) mass is 613 g/mol. The van der Waals surface area contributed by atoms with Crippen LogP contribution in [0.5, 0.6) is 11.5 Å². The van der Waals surface area contributed by atoms with Crippen molar-refractivity contribution in [2.24, 2.45) is 0 Å². The van der Waals surface area contributed by atoms with Crippen LogP contribution in [0.3, 0.4) is 0 Å². The zero-order valence-corrected chi connectivity index (χ0v) is 26.1. The fraction of sp³-hybridized carbons (Fsp3) is 0.333. The van der Waals surface area contributed by atoms with Crippen molar-refractivity contribution in [1.29, 1.82) is 0 Å². The van der Waals surface area contributed by atoms with Crippen molar-refractivity contribution in [3.63, 3.8) is 0 Å². The molecule has 228 valence electrons. The maximum absolute atomic E-state index is 13.4. The zero-order chi connectivity index (χ0) is 31.2. The van der Waals surface area contributed by atoms with Crippen LogP contribution < -0.4 is 15.4 Å². The lowest BCUT2D eigenvalue weighted by atomic mass is 9.85. The first-order valence-corrected chi connectivity index (χ1v) is 15.1. The summed E-state index contributed by atoms with van der Waals surface area (Å²) in [7, 11) is 0. The molecule has 1 aliphatic carbocycles. The van der Waals surface area contributed by atoms with Gasteiger partial charge < -0.3 is 15.2 Å². The van der Waals surface area contributed by atoms with Crippen LogP contribution in [0.25, 0.3) is 11.3 Å². The van der Waals surface area contributed by atoms with Crippen LogP contribution in [0, 0.1) is 0 Å². The smallest absolute Gasteiger partial charge is 0.320 e. The third-order valence-corrected chi connectivity index (χ3v) is 8.14. The van der Waals surface area contributed by atoms with Gasteiger partial charge in [0.1, 0.15) is 29.2 Å². The quantitative estimate of drug-likeness (QED) is 0.183. The van der Waals surface area contributed by atoms with E-state index in [1.807, 2.05) is 47.0 Å². The fourth-order valence-corrected chi connectivity index (χ4v) is 5.69. The molecule has 2 aromatic carbocycles. The molecule has 0 saturated heterocycles. The van der Waals surface area contributed by atoms with E-state index in [-0.39, 0.29) is 40.3 Å². The first kappa shape index (κ1) is 29.5. The second-order valence-electron chi connectivity index (χ2n) is 12.5. The Hall–Kier alpha value is -4.57. The Bertz CT molecular complexity index is 1840. The van der Waals surface area contributed by atoms with Crippen molar-refractivity contribution < 1.29 is 14.6 Å². The van der Waals surface area contributed by atoms with Crippen LogP contribution in [-0.4, -0.2) is 35.5 Å². The van der Waals surface area contributed by atoms with Crippen LogP contribution in [0.4, 0.5) is 10.6 Å². The van der Waals surface area contributed by atoms with Gasteiger partial charge in [0.05, 0.1) is 28.6 Å². The largest absolute Gasteiger partial charge is 0.506 e. The van der Waals surface area contributed by atoms with E-state index in [4.69, 9.17) is 21.4 Å². The summed E-state index contributed by atoms with van der Waals surface area (Å²) in [4.78, 5) is 13.4. The van der Waals surface area contributed by atoms with Crippen LogP contribution in [0.2, 0.25) is 5.02 Å². The summed E-state index contributed by atoms with van der Waals surface area (Å²) in [6.45, 7) is 10.3. The minimum Gasteiger partial charge on any atom is -0.506 e. The van der Waals surface area contributed by atoms with Crippen molar-refractivity contribution >= 4 is 29.1 Å². The van der Waals surface area contributed by atoms with E-state index in [2.05, 4.69) is 61.5 Å². The third kappa shape index (κ3) is 5.81. The van der Waals surface area contributed by atoms with Crippen molar-refractivity contribution in [2.45, 2.75) is 70.9 Å². The second-order valence-corrected chi connectivity index (χ2v) is 12.9. The summed E-state index contributed by atoms with van der Waals surface area (Å²) in [5.41, 5.74) is 3.99. The number of nitrogens with zero attached hydrogens (tertiary/aromatic N) is 5. The van der Waals surface area contributed by atoms with E-state index in [0.717, 1.165) is 40.5 Å². The van der Waals surface area contributed by atoms with Crippen molar-refractivity contribution in [1.82, 2.24) is 29.7 Å². The number of pyridine rings is 1. The first-order valence-electron chi connectivity index (χ1n) is 14.7. The summed E-state index contributed by atoms with van der Waals surface area (Å²) in [5.74, 6) is 2.31. The lowest BCUT2D eigenvalue weighted by Gasteiger charge is -2.32. The molecule has 0 spiro atoms. The molecule has 2 atom stereocenters. The van der Waals surface area contributed by atoms with E-state index < -0.39 is 0 Å². The van der Waals surface area contributed by atoms with Gasteiger partial charge in [0.25, 0.3) is 0 Å². The molecule has 0 radical (unpaired) electrons. The number of carbonyl (C=O) groups excluding carboxylic acids is 1. The molecular formula is C33H36ClN7O3. The average molecular weight is 614 g/mol.